The van der Waals surface area contributed by atoms with Crippen LogP contribution in [-0.4, -0.2) is 18.1 Å². The van der Waals surface area contributed by atoms with Gasteiger partial charge < -0.3 is 4.74 Å². The summed E-state index contributed by atoms with van der Waals surface area (Å²) in [7, 11) is 0. The van der Waals surface area contributed by atoms with Crippen molar-refractivity contribution in [2.24, 2.45) is 0 Å². The van der Waals surface area contributed by atoms with Gasteiger partial charge in [-0.05, 0) is 41.9 Å². The summed E-state index contributed by atoms with van der Waals surface area (Å²) in [5.41, 5.74) is -3.91. The summed E-state index contributed by atoms with van der Waals surface area (Å²) in [6.45, 7) is 1.77. The SMILES string of the molecule is CCOC(=O)Cc1cc(SC(F)(F)F)cc(CCl)c1C#N. The van der Waals surface area contributed by atoms with E-state index in [2.05, 4.69) is 0 Å². The number of thioether (sulfide) groups is 1. The normalized spacial score (nSPS) is 11.0. The van der Waals surface area contributed by atoms with Gasteiger partial charge >= 0.3 is 11.5 Å². The monoisotopic (exact) mass is 337 g/mol. The summed E-state index contributed by atoms with van der Waals surface area (Å²) in [6, 6.07) is 4.25. The summed E-state index contributed by atoms with van der Waals surface area (Å²) >= 11 is 5.35. The molecule has 0 aliphatic carbocycles. The van der Waals surface area contributed by atoms with Gasteiger partial charge in [-0.2, -0.15) is 18.4 Å². The van der Waals surface area contributed by atoms with Gasteiger partial charge in [0.1, 0.15) is 0 Å². The van der Waals surface area contributed by atoms with Gasteiger partial charge in [-0.25, -0.2) is 0 Å². The van der Waals surface area contributed by atoms with Crippen LogP contribution in [0.4, 0.5) is 13.2 Å². The van der Waals surface area contributed by atoms with E-state index in [9.17, 15) is 18.0 Å². The second-order valence-electron chi connectivity index (χ2n) is 3.89. The maximum atomic E-state index is 12.4. The molecule has 1 rings (SSSR count). The van der Waals surface area contributed by atoms with E-state index in [-0.39, 0.29) is 52.3 Å². The quantitative estimate of drug-likeness (QED) is 0.462. The van der Waals surface area contributed by atoms with Crippen molar-refractivity contribution in [1.82, 2.24) is 0 Å². The molecule has 1 aromatic rings. The van der Waals surface area contributed by atoms with E-state index in [0.717, 1.165) is 0 Å². The standard InChI is InChI=1S/C13H11ClF3NO2S/c1-2-20-12(19)5-8-3-10(21-13(15,16)17)4-9(6-14)11(8)7-18/h3-4H,2,5-6H2,1H3. The first-order valence-electron chi connectivity index (χ1n) is 5.84. The van der Waals surface area contributed by atoms with E-state index >= 15 is 0 Å². The number of benzene rings is 1. The van der Waals surface area contributed by atoms with E-state index < -0.39 is 11.5 Å². The molecule has 0 aliphatic heterocycles. The summed E-state index contributed by atoms with van der Waals surface area (Å²) in [4.78, 5) is 11.4. The van der Waals surface area contributed by atoms with Crippen LogP contribution in [-0.2, 0) is 21.8 Å². The largest absolute Gasteiger partial charge is 0.466 e. The Labute approximate surface area is 129 Å². The molecule has 3 nitrogen and oxygen atoms in total. The Bertz CT molecular complexity index is 570. The minimum absolute atomic E-state index is 0.114. The molecule has 0 fully saturated rings. The van der Waals surface area contributed by atoms with Crippen molar-refractivity contribution in [3.8, 4) is 6.07 Å². The van der Waals surface area contributed by atoms with Gasteiger partial charge in [0, 0.05) is 10.8 Å². The Morgan fingerprint density at radius 3 is 2.52 bits per heavy atom. The zero-order valence-corrected chi connectivity index (χ0v) is 12.5. The van der Waals surface area contributed by atoms with Crippen LogP contribution < -0.4 is 0 Å². The Kier molecular flexibility index (Phi) is 6.37. The van der Waals surface area contributed by atoms with E-state index in [4.69, 9.17) is 21.6 Å². The molecule has 114 valence electrons. The van der Waals surface area contributed by atoms with Gasteiger partial charge in [-0.15, -0.1) is 11.6 Å². The number of carbonyl (C=O) groups excluding carboxylic acids is 1. The van der Waals surface area contributed by atoms with Crippen LogP contribution in [0.5, 0.6) is 0 Å². The van der Waals surface area contributed by atoms with E-state index in [1.54, 1.807) is 6.92 Å². The molecular weight excluding hydrogens is 327 g/mol. The molecule has 8 heteroatoms. The van der Waals surface area contributed by atoms with Crippen LogP contribution in [0.2, 0.25) is 0 Å². The molecular formula is C13H11ClF3NO2S. The predicted molar refractivity (Wildman–Crippen MR) is 73.0 cm³/mol. The predicted octanol–water partition coefficient (Wildman–Crippen LogP) is 4.01. The second kappa shape index (κ2) is 7.57. The van der Waals surface area contributed by atoms with Crippen molar-refractivity contribution >= 4 is 29.3 Å². The number of carbonyl (C=O) groups is 1. The van der Waals surface area contributed by atoms with Gasteiger partial charge in [-0.1, -0.05) is 0 Å². The highest BCUT2D eigenvalue weighted by Gasteiger charge is 2.30. The van der Waals surface area contributed by atoms with Crippen LogP contribution in [0.1, 0.15) is 23.6 Å². The lowest BCUT2D eigenvalue weighted by molar-refractivity contribution is -0.142. The number of rotatable bonds is 5. The summed E-state index contributed by atoms with van der Waals surface area (Å²) in [6.07, 6.45) is -0.271. The molecule has 0 aliphatic rings. The van der Waals surface area contributed by atoms with Gasteiger partial charge in [0.15, 0.2) is 0 Å². The van der Waals surface area contributed by atoms with Gasteiger partial charge in [-0.3, -0.25) is 4.79 Å². The Balaban J connectivity index is 3.22. The third-order valence-electron chi connectivity index (χ3n) is 2.40. The van der Waals surface area contributed by atoms with Crippen LogP contribution >= 0.6 is 23.4 Å². The minimum Gasteiger partial charge on any atom is -0.466 e. The fourth-order valence-corrected chi connectivity index (χ4v) is 2.56. The Morgan fingerprint density at radius 1 is 1.43 bits per heavy atom. The fraction of sp³-hybridized carbons (Fsp3) is 0.385. The van der Waals surface area contributed by atoms with Gasteiger partial charge in [0.2, 0.25) is 0 Å². The number of hydrogen-bond donors (Lipinski definition) is 0. The maximum absolute atomic E-state index is 12.4. The lowest BCUT2D eigenvalue weighted by atomic mass is 10.0. The molecule has 0 N–H and O–H groups in total. The smallest absolute Gasteiger partial charge is 0.446 e. The maximum Gasteiger partial charge on any atom is 0.446 e. The van der Waals surface area contributed by atoms with Gasteiger partial charge in [0.05, 0.1) is 24.7 Å². The number of nitriles is 1. The molecule has 1 aromatic carbocycles. The number of ether oxygens (including phenoxy) is 1. The Morgan fingerprint density at radius 2 is 2.05 bits per heavy atom. The first-order chi connectivity index (χ1) is 9.80. The topological polar surface area (TPSA) is 50.1 Å². The van der Waals surface area contributed by atoms with Crippen LogP contribution in [0, 0.1) is 11.3 Å². The summed E-state index contributed by atoms with van der Waals surface area (Å²) in [5, 5.41) is 9.11. The lowest BCUT2D eigenvalue weighted by Gasteiger charge is -2.12. The highest BCUT2D eigenvalue weighted by molar-refractivity contribution is 8.00. The molecule has 0 saturated carbocycles. The van der Waals surface area contributed by atoms with Crippen molar-refractivity contribution in [2.45, 2.75) is 29.6 Å². The zero-order valence-electron chi connectivity index (χ0n) is 11.0. The molecule has 0 atom stereocenters. The van der Waals surface area contributed by atoms with Crippen molar-refractivity contribution in [3.05, 3.63) is 28.8 Å². The van der Waals surface area contributed by atoms with Crippen molar-refractivity contribution < 1.29 is 22.7 Å². The minimum atomic E-state index is -4.46. The fourth-order valence-electron chi connectivity index (χ4n) is 1.68. The van der Waals surface area contributed by atoms with E-state index in [0.29, 0.717) is 0 Å². The van der Waals surface area contributed by atoms with Crippen molar-refractivity contribution in [2.75, 3.05) is 6.61 Å². The number of hydrogen-bond acceptors (Lipinski definition) is 4. The lowest BCUT2D eigenvalue weighted by Crippen LogP contribution is -2.10. The first-order valence-corrected chi connectivity index (χ1v) is 7.19. The van der Waals surface area contributed by atoms with Crippen LogP contribution in [0.25, 0.3) is 0 Å². The number of alkyl halides is 4. The first kappa shape index (κ1) is 17.7. The van der Waals surface area contributed by atoms with E-state index in [1.165, 1.54) is 12.1 Å². The zero-order chi connectivity index (χ0) is 16.0. The third-order valence-corrected chi connectivity index (χ3v) is 3.40. The molecule has 0 radical (unpaired) electrons. The summed E-state index contributed by atoms with van der Waals surface area (Å²) in [5.74, 6) is -0.728. The van der Waals surface area contributed by atoms with Crippen LogP contribution in [0.3, 0.4) is 0 Å². The number of halogens is 4. The number of nitrogens with zero attached hydrogens (tertiary/aromatic N) is 1. The molecule has 21 heavy (non-hydrogen) atoms. The molecule has 0 spiro atoms. The Hall–Kier alpha value is -1.39. The molecule has 0 amide bonds. The molecule has 0 aromatic heterocycles. The third kappa shape index (κ3) is 5.48. The van der Waals surface area contributed by atoms with Crippen LogP contribution in [0.15, 0.2) is 17.0 Å². The second-order valence-corrected chi connectivity index (χ2v) is 5.30. The van der Waals surface area contributed by atoms with Gasteiger partial charge in [0.25, 0.3) is 0 Å². The average Bonchev–Trinajstić information content (AvgIpc) is 2.36. The van der Waals surface area contributed by atoms with Crippen molar-refractivity contribution in [1.29, 1.82) is 5.26 Å². The highest BCUT2D eigenvalue weighted by atomic mass is 35.5. The number of esters is 1. The van der Waals surface area contributed by atoms with Crippen molar-refractivity contribution in [3.63, 3.8) is 0 Å². The average molecular weight is 338 g/mol. The highest BCUT2D eigenvalue weighted by Crippen LogP contribution is 2.38. The molecule has 0 saturated heterocycles. The molecule has 0 heterocycles. The molecule has 0 unspecified atom stereocenters. The van der Waals surface area contributed by atoms with E-state index in [1.807, 2.05) is 6.07 Å². The molecule has 0 bridgehead atoms. The summed E-state index contributed by atoms with van der Waals surface area (Å²) < 4.78 is 42.1.